The van der Waals surface area contributed by atoms with Crippen molar-refractivity contribution in [3.8, 4) is 11.1 Å². The summed E-state index contributed by atoms with van der Waals surface area (Å²) in [6.45, 7) is -0.608. The Morgan fingerprint density at radius 1 is 0.846 bits per heavy atom. The van der Waals surface area contributed by atoms with Gasteiger partial charge in [-0.15, -0.1) is 5.11 Å². The van der Waals surface area contributed by atoms with Crippen LogP contribution in [0.5, 0.6) is 0 Å². The van der Waals surface area contributed by atoms with Gasteiger partial charge < -0.3 is 5.84 Å². The van der Waals surface area contributed by atoms with Gasteiger partial charge in [0.15, 0.2) is 5.84 Å². The van der Waals surface area contributed by atoms with Gasteiger partial charge in [-0.05, 0) is 28.8 Å². The average Bonchev–Trinajstić information content (AvgIpc) is 2.69. The molecule has 0 aliphatic heterocycles. The Balaban J connectivity index is 2.20. The average molecular weight is 350 g/mol. The quantitative estimate of drug-likeness (QED) is 0.222. The molecule has 0 aliphatic carbocycles. The number of halogens is 2. The molecule has 26 heavy (non-hydrogen) atoms. The molecular weight excluding hydrogens is 334 g/mol. The van der Waals surface area contributed by atoms with Crippen LogP contribution in [-0.4, -0.2) is 5.84 Å². The minimum Gasteiger partial charge on any atom is -0.305 e. The zero-order valence-corrected chi connectivity index (χ0v) is 13.8. The highest BCUT2D eigenvalue weighted by molar-refractivity contribution is 6.06. The summed E-state index contributed by atoms with van der Waals surface area (Å²) in [5.74, 6) is 4.88. The highest BCUT2D eigenvalue weighted by Crippen LogP contribution is 2.29. The van der Waals surface area contributed by atoms with E-state index in [2.05, 4.69) is 15.3 Å². The Hall–Kier alpha value is -3.41. The summed E-state index contributed by atoms with van der Waals surface area (Å²) in [4.78, 5) is 4.27. The second-order valence-corrected chi connectivity index (χ2v) is 5.44. The third kappa shape index (κ3) is 3.64. The van der Waals surface area contributed by atoms with Crippen LogP contribution in [0.3, 0.4) is 0 Å². The maximum atomic E-state index is 14.0. The molecule has 130 valence electrons. The smallest absolute Gasteiger partial charge is 0.184 e. The fourth-order valence-corrected chi connectivity index (χ4v) is 2.66. The number of aliphatic imine (C=N–C) groups is 1. The zero-order chi connectivity index (χ0) is 18.4. The fourth-order valence-electron chi connectivity index (χ4n) is 2.66. The van der Waals surface area contributed by atoms with E-state index in [0.717, 1.165) is 0 Å². The van der Waals surface area contributed by atoms with E-state index < -0.39 is 12.5 Å². The predicted molar refractivity (Wildman–Crippen MR) is 98.3 cm³/mol. The molecule has 0 amide bonds. The molecule has 0 aromatic heterocycles. The van der Waals surface area contributed by atoms with Crippen LogP contribution in [0.25, 0.3) is 11.1 Å². The number of hydrogen-bond acceptors (Lipinski definition) is 2. The summed E-state index contributed by atoms with van der Waals surface area (Å²) in [5, 5.41) is 7.18. The number of nitrogens with zero attached hydrogens (tertiary/aromatic N) is 3. The van der Waals surface area contributed by atoms with Crippen molar-refractivity contribution in [2.75, 3.05) is 0 Å². The summed E-state index contributed by atoms with van der Waals surface area (Å²) in [6.07, 6.45) is 0. The van der Waals surface area contributed by atoms with Gasteiger partial charge in [0.2, 0.25) is 0 Å². The monoisotopic (exact) mass is 350 g/mol. The third-order valence-electron chi connectivity index (χ3n) is 3.85. The first-order chi connectivity index (χ1) is 12.7. The van der Waals surface area contributed by atoms with Gasteiger partial charge in [-0.1, -0.05) is 65.9 Å². The van der Waals surface area contributed by atoms with Crippen LogP contribution in [0.4, 0.5) is 14.5 Å². The van der Waals surface area contributed by atoms with Crippen molar-refractivity contribution >= 4 is 11.5 Å². The first kappa shape index (κ1) is 17.4. The van der Waals surface area contributed by atoms with Crippen LogP contribution in [0.1, 0.15) is 11.1 Å². The van der Waals surface area contributed by atoms with E-state index >= 15 is 0 Å². The van der Waals surface area contributed by atoms with Crippen molar-refractivity contribution in [1.29, 1.82) is 0 Å². The molecule has 0 heterocycles. The van der Waals surface area contributed by atoms with E-state index in [4.69, 9.17) is 5.84 Å². The lowest BCUT2D eigenvalue weighted by molar-refractivity contribution is 0.486. The normalized spacial score (nSPS) is 11.8. The van der Waals surface area contributed by atoms with Crippen molar-refractivity contribution in [2.24, 2.45) is 21.2 Å². The minimum atomic E-state index is -0.608. The number of hydrogen-bond donors (Lipinski definition) is 1. The van der Waals surface area contributed by atoms with E-state index in [1.54, 1.807) is 36.4 Å². The maximum absolute atomic E-state index is 14.0. The van der Waals surface area contributed by atoms with Gasteiger partial charge in [-0.25, -0.2) is 13.8 Å². The SMILES string of the molecule is NN=NC(=Nc1ccccc1F)c1ccccc1-c1ccccc1CF. The summed E-state index contributed by atoms with van der Waals surface area (Å²) < 4.78 is 27.4. The van der Waals surface area contributed by atoms with Gasteiger partial charge in [-0.2, -0.15) is 0 Å². The predicted octanol–water partition coefficient (Wildman–Crippen LogP) is 5.37. The van der Waals surface area contributed by atoms with Gasteiger partial charge in [-0.3, -0.25) is 0 Å². The van der Waals surface area contributed by atoms with Crippen molar-refractivity contribution in [2.45, 2.75) is 6.67 Å². The van der Waals surface area contributed by atoms with Crippen LogP contribution >= 0.6 is 0 Å². The Kier molecular flexibility index (Phi) is 5.43. The molecule has 0 radical (unpaired) electrons. The van der Waals surface area contributed by atoms with Gasteiger partial charge in [0.05, 0.1) is 0 Å². The van der Waals surface area contributed by atoms with Crippen molar-refractivity contribution in [3.63, 3.8) is 0 Å². The van der Waals surface area contributed by atoms with Crippen LogP contribution in [-0.2, 0) is 6.67 Å². The standard InChI is InChI=1S/C20H16F2N4/c21-13-14-7-1-2-8-15(14)16-9-3-4-10-17(16)20(25-26-23)24-19-12-6-5-11-18(19)22/h1-12H,13H2,(H2,23,24,25). The van der Waals surface area contributed by atoms with E-state index in [1.165, 1.54) is 12.1 Å². The van der Waals surface area contributed by atoms with E-state index in [9.17, 15) is 8.78 Å². The topological polar surface area (TPSA) is 63.1 Å². The van der Waals surface area contributed by atoms with Crippen molar-refractivity contribution in [3.05, 3.63) is 89.7 Å². The first-order valence-corrected chi connectivity index (χ1v) is 7.92. The number of benzene rings is 3. The lowest BCUT2D eigenvalue weighted by Gasteiger charge is -2.12. The second kappa shape index (κ2) is 8.11. The molecular formula is C20H16F2N4. The highest BCUT2D eigenvalue weighted by atomic mass is 19.1. The first-order valence-electron chi connectivity index (χ1n) is 7.92. The molecule has 0 atom stereocenters. The van der Waals surface area contributed by atoms with Crippen molar-refractivity contribution in [1.82, 2.24) is 0 Å². The lowest BCUT2D eigenvalue weighted by atomic mass is 9.95. The number of nitrogens with two attached hydrogens (primary N) is 1. The second-order valence-electron chi connectivity index (χ2n) is 5.44. The Morgan fingerprint density at radius 2 is 1.50 bits per heavy atom. The zero-order valence-electron chi connectivity index (χ0n) is 13.8. The molecule has 3 rings (SSSR count). The van der Waals surface area contributed by atoms with Gasteiger partial charge in [0.25, 0.3) is 0 Å². The highest BCUT2D eigenvalue weighted by Gasteiger charge is 2.14. The Labute approximate surface area is 149 Å². The molecule has 0 fully saturated rings. The lowest BCUT2D eigenvalue weighted by Crippen LogP contribution is -2.02. The number of para-hydroxylation sites is 1. The van der Waals surface area contributed by atoms with E-state index in [0.29, 0.717) is 22.3 Å². The van der Waals surface area contributed by atoms with Gasteiger partial charge >= 0.3 is 0 Å². The number of amidine groups is 1. The molecule has 2 N–H and O–H groups in total. The van der Waals surface area contributed by atoms with Crippen LogP contribution in [0, 0.1) is 5.82 Å². The molecule has 0 saturated carbocycles. The molecule has 6 heteroatoms. The molecule has 4 nitrogen and oxygen atoms in total. The molecule has 0 spiro atoms. The fraction of sp³-hybridized carbons (Fsp3) is 0.0500. The number of alkyl halides is 1. The third-order valence-corrected chi connectivity index (χ3v) is 3.85. The molecule has 0 unspecified atom stereocenters. The summed E-state index contributed by atoms with van der Waals surface area (Å²) >= 11 is 0. The Morgan fingerprint density at radius 3 is 2.23 bits per heavy atom. The van der Waals surface area contributed by atoms with Crippen LogP contribution in [0.15, 0.2) is 88.1 Å². The summed E-state index contributed by atoms with van der Waals surface area (Å²) in [7, 11) is 0. The van der Waals surface area contributed by atoms with Gasteiger partial charge in [0.1, 0.15) is 18.2 Å². The summed E-state index contributed by atoms with van der Waals surface area (Å²) in [6, 6.07) is 20.4. The molecule has 0 aliphatic rings. The molecule has 0 bridgehead atoms. The molecule has 0 saturated heterocycles. The largest absolute Gasteiger partial charge is 0.305 e. The minimum absolute atomic E-state index is 0.114. The summed E-state index contributed by atoms with van der Waals surface area (Å²) in [5.41, 5.74) is 2.64. The van der Waals surface area contributed by atoms with Crippen LogP contribution in [0.2, 0.25) is 0 Å². The molecule has 3 aromatic carbocycles. The maximum Gasteiger partial charge on any atom is 0.184 e. The molecule has 3 aromatic rings. The number of rotatable bonds is 4. The van der Waals surface area contributed by atoms with Crippen molar-refractivity contribution < 1.29 is 8.78 Å². The van der Waals surface area contributed by atoms with Gasteiger partial charge in [0, 0.05) is 5.56 Å². The Bertz CT molecular complexity index is 967. The van der Waals surface area contributed by atoms with E-state index in [-0.39, 0.29) is 11.5 Å². The van der Waals surface area contributed by atoms with E-state index in [1.807, 2.05) is 24.3 Å². The van der Waals surface area contributed by atoms with Crippen LogP contribution < -0.4 is 5.84 Å².